The lowest BCUT2D eigenvalue weighted by Crippen LogP contribution is -2.44. The quantitative estimate of drug-likeness (QED) is 0.624. The van der Waals surface area contributed by atoms with Crippen molar-refractivity contribution in [2.75, 3.05) is 13.1 Å². The van der Waals surface area contributed by atoms with Crippen molar-refractivity contribution in [3.63, 3.8) is 0 Å². The van der Waals surface area contributed by atoms with Gasteiger partial charge in [-0.05, 0) is 62.8 Å². The number of likely N-dealkylation sites (tertiary alicyclic amines) is 1. The smallest absolute Gasteiger partial charge is 0.410 e. The van der Waals surface area contributed by atoms with Crippen LogP contribution in [0.1, 0.15) is 57.8 Å². The number of benzene rings is 2. The second-order valence-corrected chi connectivity index (χ2v) is 9.44. The van der Waals surface area contributed by atoms with E-state index >= 15 is 0 Å². The Hall–Kier alpha value is -2.04. The van der Waals surface area contributed by atoms with Crippen molar-refractivity contribution in [1.29, 1.82) is 0 Å². The number of rotatable bonds is 4. The van der Waals surface area contributed by atoms with Crippen LogP contribution in [0.2, 0.25) is 5.02 Å². The molecular weight excluding hydrogens is 398 g/mol. The molecule has 2 aromatic rings. The van der Waals surface area contributed by atoms with Gasteiger partial charge in [-0.3, -0.25) is 0 Å². The molecule has 1 amide bonds. The Morgan fingerprint density at radius 2 is 2.00 bits per heavy atom. The lowest BCUT2D eigenvalue weighted by atomic mass is 9.85. The maximum Gasteiger partial charge on any atom is 0.410 e. The first-order valence-electron chi connectivity index (χ1n) is 10.7. The maximum atomic E-state index is 12.5. The zero-order valence-electron chi connectivity index (χ0n) is 18.3. The highest BCUT2D eigenvalue weighted by Gasteiger charge is 2.32. The molecule has 0 radical (unpaired) electrons. The number of hydrogen-bond donors (Lipinski definition) is 1. The number of nitrogens with zero attached hydrogens (tertiary/aromatic N) is 1. The van der Waals surface area contributed by atoms with E-state index in [2.05, 4.69) is 19.1 Å². The average Bonchev–Trinajstić information content (AvgIpc) is 2.72. The van der Waals surface area contributed by atoms with Gasteiger partial charge >= 0.3 is 6.09 Å². The molecule has 0 spiro atoms. The van der Waals surface area contributed by atoms with Crippen LogP contribution in [0.4, 0.5) is 4.79 Å². The van der Waals surface area contributed by atoms with Gasteiger partial charge in [0.25, 0.3) is 0 Å². The van der Waals surface area contributed by atoms with Gasteiger partial charge in [-0.25, -0.2) is 4.79 Å². The van der Waals surface area contributed by atoms with Gasteiger partial charge in [0.15, 0.2) is 0 Å². The largest absolute Gasteiger partial charge is 0.444 e. The SMILES string of the molecule is CCc1cccc(-c2c(Cl)cccc2[C@H](O)[C@@H]2CCCN(C(=O)OC(C)(C)C)C2)c1. The molecule has 1 aliphatic rings. The molecule has 1 aliphatic heterocycles. The van der Waals surface area contributed by atoms with E-state index in [0.29, 0.717) is 18.1 Å². The van der Waals surface area contributed by atoms with Crippen LogP contribution >= 0.6 is 11.6 Å². The third-order valence-electron chi connectivity index (χ3n) is 5.54. The fraction of sp³-hybridized carbons (Fsp3) is 0.480. The van der Waals surface area contributed by atoms with Crippen LogP contribution in [0.15, 0.2) is 42.5 Å². The molecule has 4 nitrogen and oxygen atoms in total. The number of amides is 1. The Bertz CT molecular complexity index is 890. The number of hydrogen-bond acceptors (Lipinski definition) is 3. The minimum Gasteiger partial charge on any atom is -0.444 e. The number of aryl methyl sites for hydroxylation is 1. The zero-order valence-corrected chi connectivity index (χ0v) is 19.1. The van der Waals surface area contributed by atoms with Crippen LogP contribution in [0.5, 0.6) is 0 Å². The van der Waals surface area contributed by atoms with Gasteiger partial charge in [-0.15, -0.1) is 0 Å². The number of aliphatic hydroxyl groups excluding tert-OH is 1. The predicted octanol–water partition coefficient (Wildman–Crippen LogP) is 6.25. The number of halogens is 1. The summed E-state index contributed by atoms with van der Waals surface area (Å²) in [5.74, 6) is -0.0714. The molecule has 0 saturated carbocycles. The van der Waals surface area contributed by atoms with E-state index in [0.717, 1.165) is 36.0 Å². The summed E-state index contributed by atoms with van der Waals surface area (Å²) in [5.41, 5.74) is 3.38. The van der Waals surface area contributed by atoms with Crippen LogP contribution in [0.25, 0.3) is 11.1 Å². The Balaban J connectivity index is 1.87. The Morgan fingerprint density at radius 3 is 2.70 bits per heavy atom. The van der Waals surface area contributed by atoms with Crippen LogP contribution in [0.3, 0.4) is 0 Å². The normalized spacial score (nSPS) is 18.2. The molecule has 1 N–H and O–H groups in total. The number of carbonyl (C=O) groups is 1. The lowest BCUT2D eigenvalue weighted by Gasteiger charge is -2.36. The molecule has 2 atom stereocenters. The lowest BCUT2D eigenvalue weighted by molar-refractivity contribution is 0.00248. The third kappa shape index (κ3) is 5.35. The van der Waals surface area contributed by atoms with Crippen LogP contribution in [-0.2, 0) is 11.2 Å². The Kier molecular flexibility index (Phi) is 7.10. The van der Waals surface area contributed by atoms with Crippen molar-refractivity contribution in [1.82, 2.24) is 4.90 Å². The van der Waals surface area contributed by atoms with Crippen molar-refractivity contribution in [3.05, 3.63) is 58.6 Å². The number of aliphatic hydroxyl groups is 1. The first-order valence-corrected chi connectivity index (χ1v) is 11.1. The van der Waals surface area contributed by atoms with Gasteiger partial charge in [0.1, 0.15) is 5.60 Å². The van der Waals surface area contributed by atoms with Gasteiger partial charge < -0.3 is 14.7 Å². The molecular formula is C25H32ClNO3. The molecule has 5 heteroatoms. The summed E-state index contributed by atoms with van der Waals surface area (Å²) >= 11 is 6.60. The van der Waals surface area contributed by atoms with Crippen LogP contribution in [0, 0.1) is 5.92 Å². The van der Waals surface area contributed by atoms with Gasteiger partial charge in [-0.2, -0.15) is 0 Å². The molecule has 3 rings (SSSR count). The Labute approximate surface area is 184 Å². The van der Waals surface area contributed by atoms with Crippen molar-refractivity contribution in [2.24, 2.45) is 5.92 Å². The second-order valence-electron chi connectivity index (χ2n) is 9.03. The number of carbonyl (C=O) groups excluding carboxylic acids is 1. The van der Waals surface area contributed by atoms with Gasteiger partial charge in [0.2, 0.25) is 0 Å². The predicted molar refractivity (Wildman–Crippen MR) is 122 cm³/mol. The summed E-state index contributed by atoms with van der Waals surface area (Å²) in [4.78, 5) is 14.2. The molecule has 162 valence electrons. The van der Waals surface area contributed by atoms with Gasteiger partial charge in [-0.1, -0.05) is 54.9 Å². The minimum absolute atomic E-state index is 0.0714. The van der Waals surface area contributed by atoms with E-state index in [1.54, 1.807) is 4.90 Å². The fourth-order valence-electron chi connectivity index (χ4n) is 4.05. The van der Waals surface area contributed by atoms with E-state index in [4.69, 9.17) is 16.3 Å². The van der Waals surface area contributed by atoms with Crippen molar-refractivity contribution < 1.29 is 14.6 Å². The first kappa shape index (κ1) is 22.6. The molecule has 1 saturated heterocycles. The topological polar surface area (TPSA) is 49.8 Å². The van der Waals surface area contributed by atoms with Crippen molar-refractivity contribution >= 4 is 17.7 Å². The minimum atomic E-state index is -0.714. The molecule has 30 heavy (non-hydrogen) atoms. The third-order valence-corrected chi connectivity index (χ3v) is 5.86. The first-order chi connectivity index (χ1) is 14.2. The zero-order chi connectivity index (χ0) is 21.9. The summed E-state index contributed by atoms with van der Waals surface area (Å²) in [6.45, 7) is 8.84. The summed E-state index contributed by atoms with van der Waals surface area (Å²) in [5, 5.41) is 12.0. The summed E-state index contributed by atoms with van der Waals surface area (Å²) < 4.78 is 5.53. The summed E-state index contributed by atoms with van der Waals surface area (Å²) in [7, 11) is 0. The standard InChI is InChI=1S/C25H32ClNO3/c1-5-17-9-6-10-18(15-17)22-20(12-7-13-21(22)26)23(28)19-11-8-14-27(16-19)24(29)30-25(2,3)4/h6-7,9-10,12-13,15,19,23,28H,5,8,11,14,16H2,1-4H3/t19-,23-/m1/s1. The summed E-state index contributed by atoms with van der Waals surface area (Å²) in [6, 6.07) is 14.0. The van der Waals surface area contributed by atoms with Crippen molar-refractivity contribution in [3.8, 4) is 11.1 Å². The fourth-order valence-corrected chi connectivity index (χ4v) is 4.34. The Morgan fingerprint density at radius 1 is 1.27 bits per heavy atom. The molecule has 0 aromatic heterocycles. The van der Waals surface area contributed by atoms with Crippen molar-refractivity contribution in [2.45, 2.75) is 58.7 Å². The molecule has 1 fully saturated rings. The highest BCUT2D eigenvalue weighted by Crippen LogP contribution is 2.39. The van der Waals surface area contributed by atoms with Gasteiger partial charge in [0, 0.05) is 29.6 Å². The monoisotopic (exact) mass is 429 g/mol. The molecule has 0 aliphatic carbocycles. The van der Waals surface area contributed by atoms with E-state index in [-0.39, 0.29) is 12.0 Å². The maximum absolute atomic E-state index is 12.5. The number of piperidine rings is 1. The summed E-state index contributed by atoms with van der Waals surface area (Å²) in [6.07, 6.45) is 1.59. The average molecular weight is 430 g/mol. The van der Waals surface area contributed by atoms with E-state index in [1.165, 1.54) is 5.56 Å². The highest BCUT2D eigenvalue weighted by atomic mass is 35.5. The van der Waals surface area contributed by atoms with Crippen LogP contribution < -0.4 is 0 Å². The van der Waals surface area contributed by atoms with E-state index in [9.17, 15) is 9.90 Å². The number of ether oxygens (including phenoxy) is 1. The van der Waals surface area contributed by atoms with E-state index in [1.807, 2.05) is 51.1 Å². The van der Waals surface area contributed by atoms with E-state index < -0.39 is 11.7 Å². The van der Waals surface area contributed by atoms with Gasteiger partial charge in [0.05, 0.1) is 6.10 Å². The second kappa shape index (κ2) is 9.40. The highest BCUT2D eigenvalue weighted by molar-refractivity contribution is 6.33. The molecule has 0 unspecified atom stereocenters. The molecule has 2 aromatic carbocycles. The van der Waals surface area contributed by atoms with Crippen LogP contribution in [-0.4, -0.2) is 34.8 Å². The molecule has 0 bridgehead atoms. The molecule has 1 heterocycles.